The van der Waals surface area contributed by atoms with Crippen LogP contribution in [0.3, 0.4) is 0 Å². The molecule has 5 atom stereocenters. The zero-order valence-electron chi connectivity index (χ0n) is 8.80. The number of carbonyl (C=O) groups is 1. The van der Waals surface area contributed by atoms with Gasteiger partial charge in [0.2, 0.25) is 0 Å². The van der Waals surface area contributed by atoms with Gasteiger partial charge in [0.1, 0.15) is 0 Å². The molecule has 1 aliphatic heterocycles. The zero-order valence-corrected chi connectivity index (χ0v) is 8.80. The van der Waals surface area contributed by atoms with Gasteiger partial charge in [-0.3, -0.25) is 4.79 Å². The first-order valence-corrected chi connectivity index (χ1v) is 4.99. The Balaban J connectivity index is 2.65. The van der Waals surface area contributed by atoms with Crippen molar-refractivity contribution in [3.8, 4) is 0 Å². The Morgan fingerprint density at radius 2 is 2.00 bits per heavy atom. The highest BCUT2D eigenvalue weighted by molar-refractivity contribution is 5.70. The monoisotopic (exact) mass is 202 g/mol. The summed E-state index contributed by atoms with van der Waals surface area (Å²) in [6.07, 6.45) is -0.389. The summed E-state index contributed by atoms with van der Waals surface area (Å²) in [4.78, 5) is 10.8. The molecule has 4 nitrogen and oxygen atoms in total. The summed E-state index contributed by atoms with van der Waals surface area (Å²) in [5.74, 6) is -1.17. The molecule has 0 bridgehead atoms. The molecule has 0 saturated carbocycles. The smallest absolute Gasteiger partial charge is 0.308 e. The molecule has 82 valence electrons. The molecule has 4 heteroatoms. The van der Waals surface area contributed by atoms with Crippen LogP contribution in [0.25, 0.3) is 0 Å². The Morgan fingerprint density at radius 3 is 2.50 bits per heavy atom. The average molecular weight is 202 g/mol. The molecule has 0 amide bonds. The first kappa shape index (κ1) is 11.5. The molecule has 0 radical (unpaired) electrons. The summed E-state index contributed by atoms with van der Waals surface area (Å²) in [5, 5.41) is 18.3. The Labute approximate surface area is 83.9 Å². The van der Waals surface area contributed by atoms with E-state index in [0.717, 1.165) is 6.42 Å². The van der Waals surface area contributed by atoms with E-state index in [1.165, 1.54) is 0 Å². The van der Waals surface area contributed by atoms with E-state index in [1.54, 1.807) is 6.92 Å². The largest absolute Gasteiger partial charge is 0.481 e. The molecule has 5 unspecified atom stereocenters. The maximum Gasteiger partial charge on any atom is 0.308 e. The quantitative estimate of drug-likeness (QED) is 0.703. The van der Waals surface area contributed by atoms with Gasteiger partial charge in [-0.1, -0.05) is 13.8 Å². The van der Waals surface area contributed by atoms with Crippen LogP contribution in [0.5, 0.6) is 0 Å². The minimum atomic E-state index is -0.872. The molecule has 1 heterocycles. The van der Waals surface area contributed by atoms with Gasteiger partial charge in [0.25, 0.3) is 0 Å². The van der Waals surface area contributed by atoms with E-state index in [0.29, 0.717) is 0 Å². The number of hydrogen-bond donors (Lipinski definition) is 2. The molecular formula is C10H18O4. The van der Waals surface area contributed by atoms with Crippen LogP contribution in [-0.2, 0) is 9.53 Å². The van der Waals surface area contributed by atoms with Gasteiger partial charge in [-0.15, -0.1) is 0 Å². The highest BCUT2D eigenvalue weighted by Gasteiger charge is 2.37. The molecule has 1 aliphatic rings. The van der Waals surface area contributed by atoms with Crippen molar-refractivity contribution < 1.29 is 19.7 Å². The molecule has 2 N–H and O–H groups in total. The predicted molar refractivity (Wildman–Crippen MR) is 50.6 cm³/mol. The van der Waals surface area contributed by atoms with Gasteiger partial charge in [0.05, 0.1) is 12.0 Å². The Hall–Kier alpha value is -0.610. The molecule has 1 rings (SSSR count). The molecule has 0 aromatic rings. The molecule has 0 spiro atoms. The Morgan fingerprint density at radius 1 is 1.43 bits per heavy atom. The second-order valence-electron chi connectivity index (χ2n) is 4.31. The maximum atomic E-state index is 10.8. The minimum absolute atomic E-state index is 0.0854. The number of ether oxygens (including phenoxy) is 1. The third-order valence-corrected chi connectivity index (χ3v) is 2.97. The highest BCUT2D eigenvalue weighted by Crippen LogP contribution is 2.32. The summed E-state index contributed by atoms with van der Waals surface area (Å²) >= 11 is 0. The molecule has 0 aromatic carbocycles. The lowest BCUT2D eigenvalue weighted by atomic mass is 9.84. The third-order valence-electron chi connectivity index (χ3n) is 2.97. The van der Waals surface area contributed by atoms with Crippen LogP contribution in [0.15, 0.2) is 0 Å². The van der Waals surface area contributed by atoms with Gasteiger partial charge in [0, 0.05) is 5.92 Å². The summed E-state index contributed by atoms with van der Waals surface area (Å²) in [7, 11) is 0. The van der Waals surface area contributed by atoms with Gasteiger partial charge in [0.15, 0.2) is 6.29 Å². The van der Waals surface area contributed by atoms with Crippen molar-refractivity contribution in [3.63, 3.8) is 0 Å². The topological polar surface area (TPSA) is 66.8 Å². The van der Waals surface area contributed by atoms with Gasteiger partial charge < -0.3 is 14.9 Å². The van der Waals surface area contributed by atoms with Crippen molar-refractivity contribution in [1.29, 1.82) is 0 Å². The van der Waals surface area contributed by atoms with Crippen molar-refractivity contribution >= 4 is 5.97 Å². The molecule has 0 aromatic heterocycles. The Kier molecular flexibility index (Phi) is 3.50. The summed E-state index contributed by atoms with van der Waals surface area (Å²) < 4.78 is 5.31. The number of carboxylic acids is 1. The van der Waals surface area contributed by atoms with E-state index in [9.17, 15) is 9.90 Å². The number of aliphatic hydroxyl groups is 1. The van der Waals surface area contributed by atoms with Crippen molar-refractivity contribution in [2.24, 2.45) is 17.8 Å². The first-order valence-electron chi connectivity index (χ1n) is 4.99. The number of carboxylic acid groups (broad SMARTS) is 1. The molecule has 1 fully saturated rings. The molecular weight excluding hydrogens is 184 g/mol. The molecule has 0 aliphatic carbocycles. The minimum Gasteiger partial charge on any atom is -0.481 e. The molecule has 1 saturated heterocycles. The van der Waals surface area contributed by atoms with E-state index >= 15 is 0 Å². The summed E-state index contributed by atoms with van der Waals surface area (Å²) in [5.41, 5.74) is 0. The number of aliphatic hydroxyl groups excluding tert-OH is 1. The SMILES string of the molecule is CC1CC(C)C(C(C)C(=O)O)OC1O. The van der Waals surface area contributed by atoms with Crippen molar-refractivity contribution in [1.82, 2.24) is 0 Å². The average Bonchev–Trinajstić information content (AvgIpc) is 2.10. The standard InChI is InChI=1S/C10H18O4/c1-5-4-6(2)10(13)14-8(5)7(3)9(11)12/h5-8,10,13H,4H2,1-3H3,(H,11,12). The van der Waals surface area contributed by atoms with Crippen LogP contribution in [0, 0.1) is 17.8 Å². The lowest BCUT2D eigenvalue weighted by Gasteiger charge is -2.38. The van der Waals surface area contributed by atoms with Gasteiger partial charge >= 0.3 is 5.97 Å². The van der Waals surface area contributed by atoms with E-state index in [-0.39, 0.29) is 17.9 Å². The maximum absolute atomic E-state index is 10.8. The fourth-order valence-electron chi connectivity index (χ4n) is 2.02. The Bertz CT molecular complexity index is 216. The highest BCUT2D eigenvalue weighted by atomic mass is 16.6. The van der Waals surface area contributed by atoms with E-state index in [4.69, 9.17) is 9.84 Å². The van der Waals surface area contributed by atoms with Crippen molar-refractivity contribution in [2.45, 2.75) is 39.6 Å². The number of rotatable bonds is 2. The van der Waals surface area contributed by atoms with Crippen molar-refractivity contribution in [3.05, 3.63) is 0 Å². The zero-order chi connectivity index (χ0) is 10.9. The van der Waals surface area contributed by atoms with Gasteiger partial charge in [-0.25, -0.2) is 0 Å². The van der Waals surface area contributed by atoms with Crippen LogP contribution >= 0.6 is 0 Å². The van der Waals surface area contributed by atoms with Crippen LogP contribution < -0.4 is 0 Å². The van der Waals surface area contributed by atoms with Crippen LogP contribution in [0.2, 0.25) is 0 Å². The van der Waals surface area contributed by atoms with Crippen LogP contribution in [0.4, 0.5) is 0 Å². The normalized spacial score (nSPS) is 40.6. The fraction of sp³-hybridized carbons (Fsp3) is 0.900. The predicted octanol–water partition coefficient (Wildman–Crippen LogP) is 1.09. The summed E-state index contributed by atoms with van der Waals surface area (Å²) in [6.45, 7) is 5.49. The summed E-state index contributed by atoms with van der Waals surface area (Å²) in [6, 6.07) is 0. The van der Waals surface area contributed by atoms with E-state index < -0.39 is 18.2 Å². The lowest BCUT2D eigenvalue weighted by molar-refractivity contribution is -0.221. The lowest BCUT2D eigenvalue weighted by Crippen LogP contribution is -2.44. The van der Waals surface area contributed by atoms with Crippen LogP contribution in [0.1, 0.15) is 27.2 Å². The fourth-order valence-corrected chi connectivity index (χ4v) is 2.02. The number of hydrogen-bond acceptors (Lipinski definition) is 3. The van der Waals surface area contributed by atoms with E-state index in [2.05, 4.69) is 0 Å². The van der Waals surface area contributed by atoms with Crippen molar-refractivity contribution in [2.75, 3.05) is 0 Å². The van der Waals surface area contributed by atoms with E-state index in [1.807, 2.05) is 13.8 Å². The molecule has 14 heavy (non-hydrogen) atoms. The number of aliphatic carboxylic acids is 1. The van der Waals surface area contributed by atoms with Gasteiger partial charge in [-0.2, -0.15) is 0 Å². The first-order chi connectivity index (χ1) is 6.43. The second kappa shape index (κ2) is 4.28. The van der Waals surface area contributed by atoms with Gasteiger partial charge in [-0.05, 0) is 19.3 Å². The van der Waals surface area contributed by atoms with Crippen LogP contribution in [-0.4, -0.2) is 28.6 Å². The third kappa shape index (κ3) is 2.25. The second-order valence-corrected chi connectivity index (χ2v) is 4.31.